The zero-order valence-corrected chi connectivity index (χ0v) is 20.8. The summed E-state index contributed by atoms with van der Waals surface area (Å²) >= 11 is 1.19. The number of carbonyl (C=O) groups excluding carboxylic acids is 1. The number of sulfonamides is 1. The summed E-state index contributed by atoms with van der Waals surface area (Å²) in [7, 11) is -3.79. The maximum Gasteiger partial charge on any atom is 0.263 e. The fourth-order valence-corrected chi connectivity index (χ4v) is 5.54. The van der Waals surface area contributed by atoms with Gasteiger partial charge in [0.15, 0.2) is 5.13 Å². The highest BCUT2D eigenvalue weighted by Gasteiger charge is 2.23. The first-order chi connectivity index (χ1) is 17.4. The Bertz CT molecular complexity index is 1600. The molecular formula is C26H21N5O3S2. The molecule has 5 rings (SSSR count). The highest BCUT2D eigenvalue weighted by Crippen LogP contribution is 2.28. The molecule has 0 unspecified atom stereocenters. The predicted molar refractivity (Wildman–Crippen MR) is 141 cm³/mol. The molecule has 0 bridgehead atoms. The normalized spacial score (nSPS) is 11.2. The van der Waals surface area contributed by atoms with E-state index in [0.29, 0.717) is 22.6 Å². The molecule has 2 aromatic heterocycles. The van der Waals surface area contributed by atoms with E-state index in [1.54, 1.807) is 22.2 Å². The third-order valence-corrected chi connectivity index (χ3v) is 7.64. The molecule has 0 saturated carbocycles. The molecule has 2 heterocycles. The van der Waals surface area contributed by atoms with E-state index < -0.39 is 10.0 Å². The van der Waals surface area contributed by atoms with Crippen molar-refractivity contribution in [1.29, 1.82) is 0 Å². The summed E-state index contributed by atoms with van der Waals surface area (Å²) < 4.78 is 29.4. The molecule has 10 heteroatoms. The Morgan fingerprint density at radius 3 is 2.22 bits per heavy atom. The first-order valence-electron chi connectivity index (χ1n) is 11.0. The first-order valence-corrected chi connectivity index (χ1v) is 13.3. The van der Waals surface area contributed by atoms with Crippen molar-refractivity contribution in [3.05, 3.63) is 108 Å². The molecule has 5 aromatic rings. The monoisotopic (exact) mass is 515 g/mol. The summed E-state index contributed by atoms with van der Waals surface area (Å²) in [5.41, 5.74) is 3.79. The van der Waals surface area contributed by atoms with Crippen LogP contribution in [-0.4, -0.2) is 29.1 Å². The van der Waals surface area contributed by atoms with E-state index in [2.05, 4.69) is 15.0 Å². The zero-order chi connectivity index (χ0) is 25.1. The molecule has 3 aromatic carbocycles. The number of amides is 1. The van der Waals surface area contributed by atoms with Crippen LogP contribution in [0.25, 0.3) is 16.9 Å². The van der Waals surface area contributed by atoms with Gasteiger partial charge in [-0.05, 0) is 43.3 Å². The van der Waals surface area contributed by atoms with Crippen molar-refractivity contribution in [2.24, 2.45) is 0 Å². The largest absolute Gasteiger partial charge is 0.322 e. The lowest BCUT2D eigenvalue weighted by molar-refractivity contribution is 0.102. The lowest BCUT2D eigenvalue weighted by Crippen LogP contribution is -2.15. The molecule has 0 saturated heterocycles. The number of thiazole rings is 1. The van der Waals surface area contributed by atoms with Crippen LogP contribution in [-0.2, 0) is 10.0 Å². The highest BCUT2D eigenvalue weighted by molar-refractivity contribution is 7.93. The molecule has 36 heavy (non-hydrogen) atoms. The summed E-state index contributed by atoms with van der Waals surface area (Å²) in [4.78, 5) is 17.5. The van der Waals surface area contributed by atoms with Gasteiger partial charge in [0, 0.05) is 22.8 Å². The second kappa shape index (κ2) is 9.76. The number of hydrogen-bond acceptors (Lipinski definition) is 6. The van der Waals surface area contributed by atoms with Crippen molar-refractivity contribution in [3.63, 3.8) is 0 Å². The third-order valence-electron chi connectivity index (χ3n) is 5.47. The number of para-hydroxylation sites is 1. The van der Waals surface area contributed by atoms with Crippen molar-refractivity contribution >= 4 is 38.1 Å². The van der Waals surface area contributed by atoms with Gasteiger partial charge in [0.2, 0.25) is 0 Å². The summed E-state index contributed by atoms with van der Waals surface area (Å²) in [6.07, 6.45) is 1.52. The van der Waals surface area contributed by atoms with Crippen molar-refractivity contribution in [3.8, 4) is 16.9 Å². The van der Waals surface area contributed by atoms with Crippen molar-refractivity contribution in [1.82, 2.24) is 14.8 Å². The second-order valence-electron chi connectivity index (χ2n) is 7.84. The van der Waals surface area contributed by atoms with Crippen LogP contribution in [0.1, 0.15) is 16.1 Å². The summed E-state index contributed by atoms with van der Waals surface area (Å²) in [5, 5.41) is 9.61. The minimum atomic E-state index is -3.79. The highest BCUT2D eigenvalue weighted by atomic mass is 32.2. The van der Waals surface area contributed by atoms with Gasteiger partial charge < -0.3 is 5.32 Å². The number of benzene rings is 3. The minimum absolute atomic E-state index is 0.0637. The number of carbonyl (C=O) groups is 1. The van der Waals surface area contributed by atoms with Crippen molar-refractivity contribution < 1.29 is 13.2 Å². The molecule has 0 aliphatic heterocycles. The van der Waals surface area contributed by atoms with Gasteiger partial charge in [-0.25, -0.2) is 18.1 Å². The zero-order valence-electron chi connectivity index (χ0n) is 19.1. The summed E-state index contributed by atoms with van der Waals surface area (Å²) in [6, 6.07) is 25.1. The van der Waals surface area contributed by atoms with E-state index in [4.69, 9.17) is 5.10 Å². The Morgan fingerprint density at radius 1 is 0.917 bits per heavy atom. The molecule has 1 amide bonds. The van der Waals surface area contributed by atoms with Crippen LogP contribution in [0.3, 0.4) is 0 Å². The smallest absolute Gasteiger partial charge is 0.263 e. The van der Waals surface area contributed by atoms with Crippen molar-refractivity contribution in [2.75, 3.05) is 10.0 Å². The number of aromatic nitrogens is 3. The van der Waals surface area contributed by atoms with Gasteiger partial charge >= 0.3 is 0 Å². The maximum absolute atomic E-state index is 13.5. The van der Waals surface area contributed by atoms with Gasteiger partial charge in [0.1, 0.15) is 5.69 Å². The summed E-state index contributed by atoms with van der Waals surface area (Å²) in [6.45, 7) is 1.85. The van der Waals surface area contributed by atoms with E-state index in [0.717, 1.165) is 11.3 Å². The molecule has 2 N–H and O–H groups in total. The molecule has 0 spiro atoms. The molecule has 0 radical (unpaired) electrons. The Hall–Kier alpha value is -4.28. The van der Waals surface area contributed by atoms with Gasteiger partial charge in [0.25, 0.3) is 15.9 Å². The quantitative estimate of drug-likeness (QED) is 0.304. The van der Waals surface area contributed by atoms with Gasteiger partial charge in [-0.2, -0.15) is 5.10 Å². The van der Waals surface area contributed by atoms with E-state index in [1.165, 1.54) is 29.7 Å². The molecule has 180 valence electrons. The molecular weight excluding hydrogens is 494 g/mol. The first kappa shape index (κ1) is 23.5. The van der Waals surface area contributed by atoms with Crippen LogP contribution in [0.5, 0.6) is 0 Å². The number of anilines is 2. The lowest BCUT2D eigenvalue weighted by Gasteiger charge is -2.09. The maximum atomic E-state index is 13.5. The number of nitrogens with zero attached hydrogens (tertiary/aromatic N) is 3. The fraction of sp³-hybridized carbons (Fsp3) is 0.0385. The predicted octanol–water partition coefficient (Wildman–Crippen LogP) is 5.36. The van der Waals surface area contributed by atoms with Crippen LogP contribution in [0, 0.1) is 6.92 Å². The lowest BCUT2D eigenvalue weighted by atomic mass is 10.1. The minimum Gasteiger partial charge on any atom is -0.322 e. The molecule has 0 atom stereocenters. The van der Waals surface area contributed by atoms with E-state index in [9.17, 15) is 13.2 Å². The van der Waals surface area contributed by atoms with Crippen LogP contribution < -0.4 is 10.0 Å². The molecule has 0 aliphatic carbocycles. The second-order valence-corrected chi connectivity index (χ2v) is 10.4. The van der Waals surface area contributed by atoms with Gasteiger partial charge in [-0.3, -0.25) is 9.52 Å². The van der Waals surface area contributed by atoms with E-state index in [-0.39, 0.29) is 15.9 Å². The molecule has 0 aliphatic rings. The third kappa shape index (κ3) is 4.77. The average molecular weight is 516 g/mol. The topological polar surface area (TPSA) is 106 Å². The van der Waals surface area contributed by atoms with Crippen molar-refractivity contribution in [2.45, 2.75) is 11.8 Å². The van der Waals surface area contributed by atoms with E-state index >= 15 is 0 Å². The average Bonchev–Trinajstić information content (AvgIpc) is 3.52. The van der Waals surface area contributed by atoms with Crippen LogP contribution in [0.2, 0.25) is 0 Å². The number of hydrogen-bond donors (Lipinski definition) is 2. The Kier molecular flexibility index (Phi) is 6.36. The van der Waals surface area contributed by atoms with Gasteiger partial charge in [0.05, 0.1) is 21.8 Å². The Balaban J connectivity index is 1.45. The molecule has 8 nitrogen and oxygen atoms in total. The van der Waals surface area contributed by atoms with Gasteiger partial charge in [-0.15, -0.1) is 11.3 Å². The Morgan fingerprint density at radius 2 is 1.58 bits per heavy atom. The summed E-state index contributed by atoms with van der Waals surface area (Å²) in [5.74, 6) is -0.343. The molecule has 0 fully saturated rings. The van der Waals surface area contributed by atoms with Gasteiger partial charge in [-0.1, -0.05) is 48.5 Å². The van der Waals surface area contributed by atoms with E-state index in [1.807, 2.05) is 67.6 Å². The number of nitrogens with one attached hydrogen (secondary N) is 2. The van der Waals surface area contributed by atoms with Crippen LogP contribution in [0.15, 0.2) is 101 Å². The SMILES string of the molecule is Cc1c(C(=O)Nc2ccc(S(=O)(=O)Nc3nccs3)cc2)c(-c2ccccc2)nn1-c1ccccc1. The standard InChI is InChI=1S/C26H21N5O3S2/c1-18-23(24(19-8-4-2-5-9-19)29-31(18)21-10-6-3-7-11-21)25(32)28-20-12-14-22(15-13-20)36(33,34)30-26-27-16-17-35-26/h2-17H,1H3,(H,27,30)(H,28,32). The Labute approximate surface area is 212 Å². The fourth-order valence-electron chi connectivity index (χ4n) is 3.75. The van der Waals surface area contributed by atoms with Crippen LogP contribution in [0.4, 0.5) is 10.8 Å². The van der Waals surface area contributed by atoms with Crippen LogP contribution >= 0.6 is 11.3 Å². The number of rotatable bonds is 7.